The van der Waals surface area contributed by atoms with Gasteiger partial charge in [0, 0.05) is 10.5 Å². The number of furan rings is 1. The van der Waals surface area contributed by atoms with Crippen molar-refractivity contribution in [2.75, 3.05) is 4.90 Å². The molecule has 3 rings (SSSR count). The molecule has 0 amide bonds. The van der Waals surface area contributed by atoms with Crippen molar-refractivity contribution in [2.45, 2.75) is 38.5 Å². The van der Waals surface area contributed by atoms with Crippen LogP contribution in [0, 0.1) is 0 Å². The van der Waals surface area contributed by atoms with Crippen molar-refractivity contribution in [3.8, 4) is 0 Å². The molecule has 1 heterocycles. The van der Waals surface area contributed by atoms with Gasteiger partial charge in [0.15, 0.2) is 0 Å². The molecule has 0 unspecified atom stereocenters. The van der Waals surface area contributed by atoms with E-state index in [1.807, 2.05) is 24.3 Å². The molecule has 1 N–H and O–H groups in total. The van der Waals surface area contributed by atoms with Gasteiger partial charge in [-0.2, -0.15) is 0 Å². The van der Waals surface area contributed by atoms with Crippen LogP contribution >= 0.6 is 15.9 Å². The fraction of sp³-hybridized carbons (Fsp3) is 0.375. The van der Waals surface area contributed by atoms with E-state index in [9.17, 15) is 5.11 Å². The molecule has 0 saturated heterocycles. The smallest absolute Gasteiger partial charge is 0.123 e. The van der Waals surface area contributed by atoms with E-state index in [1.54, 1.807) is 13.2 Å². The molecule has 1 aromatic heterocycles. The number of halogens is 1. The minimum Gasteiger partial charge on any atom is -0.467 e. The number of hydrogen-bond donors (Lipinski definition) is 1. The van der Waals surface area contributed by atoms with Crippen molar-refractivity contribution < 1.29 is 9.52 Å². The van der Waals surface area contributed by atoms with Gasteiger partial charge in [-0.15, -0.1) is 0 Å². The summed E-state index contributed by atoms with van der Waals surface area (Å²) in [5.41, 5.74) is 2.09. The first-order valence-corrected chi connectivity index (χ1v) is 7.71. The topological polar surface area (TPSA) is 36.6 Å². The van der Waals surface area contributed by atoms with E-state index in [-0.39, 0.29) is 0 Å². The predicted molar refractivity (Wildman–Crippen MR) is 82.7 cm³/mol. The minimum atomic E-state index is -0.445. The molecule has 3 nitrogen and oxygen atoms in total. The lowest BCUT2D eigenvalue weighted by Gasteiger charge is -2.25. The van der Waals surface area contributed by atoms with Crippen molar-refractivity contribution in [1.29, 1.82) is 0 Å². The fourth-order valence-electron chi connectivity index (χ4n) is 2.38. The Balaban J connectivity index is 1.87. The van der Waals surface area contributed by atoms with Gasteiger partial charge < -0.3 is 14.4 Å². The van der Waals surface area contributed by atoms with Gasteiger partial charge in [-0.25, -0.2) is 0 Å². The Hall–Kier alpha value is -1.26. The second-order valence-electron chi connectivity index (χ2n) is 5.33. The van der Waals surface area contributed by atoms with Crippen LogP contribution in [-0.4, -0.2) is 11.1 Å². The quantitative estimate of drug-likeness (QED) is 0.886. The first kappa shape index (κ1) is 13.7. The van der Waals surface area contributed by atoms with E-state index in [0.29, 0.717) is 6.04 Å². The number of hydrogen-bond acceptors (Lipinski definition) is 3. The highest BCUT2D eigenvalue weighted by Gasteiger charge is 2.31. The van der Waals surface area contributed by atoms with Gasteiger partial charge in [-0.3, -0.25) is 0 Å². The summed E-state index contributed by atoms with van der Waals surface area (Å²) in [5, 5.41) is 9.66. The van der Waals surface area contributed by atoms with E-state index >= 15 is 0 Å². The maximum atomic E-state index is 9.66. The second kappa shape index (κ2) is 5.62. The molecule has 106 valence electrons. The molecule has 1 aliphatic carbocycles. The monoisotopic (exact) mass is 335 g/mol. The van der Waals surface area contributed by atoms with Crippen LogP contribution in [0.1, 0.15) is 37.2 Å². The van der Waals surface area contributed by atoms with Crippen molar-refractivity contribution in [1.82, 2.24) is 0 Å². The van der Waals surface area contributed by atoms with Gasteiger partial charge in [0.05, 0.1) is 24.6 Å². The zero-order chi connectivity index (χ0) is 14.1. The third kappa shape index (κ3) is 2.91. The van der Waals surface area contributed by atoms with Crippen LogP contribution in [-0.2, 0) is 6.54 Å². The molecule has 2 aromatic rings. The highest BCUT2D eigenvalue weighted by Crippen LogP contribution is 2.38. The maximum absolute atomic E-state index is 9.66. The molecule has 0 bridgehead atoms. The average molecular weight is 336 g/mol. The minimum absolute atomic E-state index is 0.445. The van der Waals surface area contributed by atoms with Crippen molar-refractivity contribution >= 4 is 21.6 Å². The number of anilines is 1. The van der Waals surface area contributed by atoms with Gasteiger partial charge in [-0.1, -0.05) is 6.07 Å². The number of benzene rings is 1. The summed E-state index contributed by atoms with van der Waals surface area (Å²) in [6, 6.07) is 10.6. The Kier molecular flexibility index (Phi) is 3.85. The molecule has 0 aliphatic heterocycles. The Bertz CT molecular complexity index is 576. The standard InChI is InChI=1S/C16H18BrNO2/c1-11(19)12-4-7-16(15(17)9-12)18(13-5-6-13)10-14-3-2-8-20-14/h2-4,7-9,11,13,19H,5-6,10H2,1H3/t11-/m0/s1. The Morgan fingerprint density at radius 1 is 1.40 bits per heavy atom. The van der Waals surface area contributed by atoms with Gasteiger partial charge in [0.1, 0.15) is 5.76 Å². The summed E-state index contributed by atoms with van der Waals surface area (Å²) < 4.78 is 6.49. The van der Waals surface area contributed by atoms with Crippen LogP contribution in [0.5, 0.6) is 0 Å². The molecule has 20 heavy (non-hydrogen) atoms. The molecule has 1 atom stereocenters. The molecule has 1 aromatic carbocycles. The zero-order valence-electron chi connectivity index (χ0n) is 11.4. The third-order valence-corrected chi connectivity index (χ3v) is 4.29. The van der Waals surface area contributed by atoms with E-state index < -0.39 is 6.10 Å². The molecular formula is C16H18BrNO2. The molecule has 0 radical (unpaired) electrons. The lowest BCUT2D eigenvalue weighted by molar-refractivity contribution is 0.199. The summed E-state index contributed by atoms with van der Waals surface area (Å²) in [6.07, 6.45) is 3.72. The molecule has 1 aliphatic rings. The largest absolute Gasteiger partial charge is 0.467 e. The van der Waals surface area contributed by atoms with E-state index in [1.165, 1.54) is 12.8 Å². The summed E-state index contributed by atoms with van der Waals surface area (Å²) in [6.45, 7) is 2.56. The zero-order valence-corrected chi connectivity index (χ0v) is 13.0. The Morgan fingerprint density at radius 3 is 2.75 bits per heavy atom. The van der Waals surface area contributed by atoms with E-state index in [4.69, 9.17) is 4.42 Å². The SMILES string of the molecule is C[C@H](O)c1ccc(N(Cc2ccco2)C2CC2)c(Br)c1. The lowest BCUT2D eigenvalue weighted by Crippen LogP contribution is -2.25. The van der Waals surface area contributed by atoms with Crippen LogP contribution in [0.3, 0.4) is 0 Å². The van der Waals surface area contributed by atoms with Gasteiger partial charge in [0.25, 0.3) is 0 Å². The molecule has 1 saturated carbocycles. The van der Waals surface area contributed by atoms with Crippen LogP contribution < -0.4 is 4.90 Å². The Labute approximate surface area is 127 Å². The van der Waals surface area contributed by atoms with Crippen LogP contribution in [0.4, 0.5) is 5.69 Å². The van der Waals surface area contributed by atoms with Crippen LogP contribution in [0.25, 0.3) is 0 Å². The summed E-state index contributed by atoms with van der Waals surface area (Å²) >= 11 is 3.63. The Morgan fingerprint density at radius 2 is 2.20 bits per heavy atom. The summed E-state index contributed by atoms with van der Waals surface area (Å²) in [5.74, 6) is 0.975. The highest BCUT2D eigenvalue weighted by molar-refractivity contribution is 9.10. The van der Waals surface area contributed by atoms with Gasteiger partial charge in [-0.05, 0) is 65.5 Å². The van der Waals surface area contributed by atoms with Gasteiger partial charge >= 0.3 is 0 Å². The average Bonchev–Trinajstić information content (AvgIpc) is 3.14. The summed E-state index contributed by atoms with van der Waals surface area (Å²) in [7, 11) is 0. The number of nitrogens with zero attached hydrogens (tertiary/aromatic N) is 1. The molecule has 4 heteroatoms. The van der Waals surface area contributed by atoms with Crippen molar-refractivity contribution in [2.24, 2.45) is 0 Å². The normalized spacial score (nSPS) is 16.1. The molecule has 1 fully saturated rings. The van der Waals surface area contributed by atoms with Crippen molar-refractivity contribution in [3.05, 3.63) is 52.4 Å². The van der Waals surface area contributed by atoms with Crippen molar-refractivity contribution in [3.63, 3.8) is 0 Å². The first-order valence-electron chi connectivity index (χ1n) is 6.91. The fourth-order valence-corrected chi connectivity index (χ4v) is 3.01. The van der Waals surface area contributed by atoms with Crippen LogP contribution in [0.2, 0.25) is 0 Å². The van der Waals surface area contributed by atoms with E-state index in [2.05, 4.69) is 26.9 Å². The predicted octanol–water partition coefficient (Wildman–Crippen LogP) is 4.26. The second-order valence-corrected chi connectivity index (χ2v) is 6.18. The number of aliphatic hydroxyl groups is 1. The third-order valence-electron chi connectivity index (χ3n) is 3.66. The highest BCUT2D eigenvalue weighted by atomic mass is 79.9. The van der Waals surface area contributed by atoms with Crippen LogP contribution in [0.15, 0.2) is 45.5 Å². The summed E-state index contributed by atoms with van der Waals surface area (Å²) in [4.78, 5) is 2.37. The molecular weight excluding hydrogens is 318 g/mol. The van der Waals surface area contributed by atoms with E-state index in [0.717, 1.165) is 28.0 Å². The lowest BCUT2D eigenvalue weighted by atomic mass is 10.1. The number of rotatable bonds is 5. The number of aliphatic hydroxyl groups excluding tert-OH is 1. The molecule has 0 spiro atoms. The maximum Gasteiger partial charge on any atom is 0.123 e. The van der Waals surface area contributed by atoms with Gasteiger partial charge in [0.2, 0.25) is 0 Å². The first-order chi connectivity index (χ1) is 9.65.